The zero-order valence-corrected chi connectivity index (χ0v) is 21.2. The van der Waals surface area contributed by atoms with Gasteiger partial charge in [0.25, 0.3) is 5.91 Å². The van der Waals surface area contributed by atoms with E-state index >= 15 is 0 Å². The molecule has 0 aliphatic carbocycles. The molecular formula is C29H32F3N3O3. The molecule has 9 heteroatoms. The van der Waals surface area contributed by atoms with Gasteiger partial charge in [0.15, 0.2) is 0 Å². The average molecular weight is 528 g/mol. The van der Waals surface area contributed by atoms with Crippen LogP contribution >= 0.6 is 0 Å². The van der Waals surface area contributed by atoms with Gasteiger partial charge in [0.2, 0.25) is 5.91 Å². The SMILES string of the molecule is CCCCCCCOc1cccc(NCC(=O)Nc2cccc(C(=O)Nc3cccc(C(F)(F)F)c3)c2)c1. The molecule has 0 unspecified atom stereocenters. The van der Waals surface area contributed by atoms with E-state index in [1.165, 1.54) is 43.5 Å². The van der Waals surface area contributed by atoms with Crippen LogP contribution in [0.15, 0.2) is 72.8 Å². The number of alkyl halides is 3. The van der Waals surface area contributed by atoms with Crippen molar-refractivity contribution in [3.05, 3.63) is 83.9 Å². The van der Waals surface area contributed by atoms with E-state index in [1.807, 2.05) is 24.3 Å². The Morgan fingerprint density at radius 1 is 0.789 bits per heavy atom. The molecule has 0 aromatic heterocycles. The summed E-state index contributed by atoms with van der Waals surface area (Å²) in [5.41, 5.74) is 0.466. The molecule has 3 N–H and O–H groups in total. The van der Waals surface area contributed by atoms with Crippen molar-refractivity contribution in [3.63, 3.8) is 0 Å². The van der Waals surface area contributed by atoms with E-state index in [0.717, 1.165) is 36.4 Å². The van der Waals surface area contributed by atoms with E-state index in [1.54, 1.807) is 12.1 Å². The van der Waals surface area contributed by atoms with Crippen molar-refractivity contribution in [1.82, 2.24) is 0 Å². The van der Waals surface area contributed by atoms with Gasteiger partial charge in [-0.1, -0.05) is 50.8 Å². The Labute approximate surface area is 220 Å². The molecule has 0 aliphatic heterocycles. The number of nitrogens with one attached hydrogen (secondary N) is 3. The second-order valence-electron chi connectivity index (χ2n) is 8.81. The molecule has 202 valence electrons. The minimum atomic E-state index is -4.51. The number of hydrogen-bond donors (Lipinski definition) is 3. The normalized spacial score (nSPS) is 11.1. The average Bonchev–Trinajstić information content (AvgIpc) is 2.89. The molecule has 0 saturated heterocycles. The number of ether oxygens (including phenoxy) is 1. The smallest absolute Gasteiger partial charge is 0.416 e. The first kappa shape index (κ1) is 28.6. The van der Waals surface area contributed by atoms with E-state index in [-0.39, 0.29) is 23.7 Å². The Morgan fingerprint density at radius 3 is 2.24 bits per heavy atom. The number of carbonyl (C=O) groups is 2. The highest BCUT2D eigenvalue weighted by Gasteiger charge is 2.30. The molecule has 0 bridgehead atoms. The van der Waals surface area contributed by atoms with E-state index in [9.17, 15) is 22.8 Å². The van der Waals surface area contributed by atoms with Crippen molar-refractivity contribution in [3.8, 4) is 5.75 Å². The van der Waals surface area contributed by atoms with Gasteiger partial charge in [-0.3, -0.25) is 9.59 Å². The van der Waals surface area contributed by atoms with Crippen molar-refractivity contribution in [2.75, 3.05) is 29.1 Å². The summed E-state index contributed by atoms with van der Waals surface area (Å²) in [5.74, 6) is -0.200. The lowest BCUT2D eigenvalue weighted by atomic mass is 10.1. The van der Waals surface area contributed by atoms with Crippen LogP contribution in [0.1, 0.15) is 54.9 Å². The number of benzene rings is 3. The first-order chi connectivity index (χ1) is 18.2. The molecule has 3 rings (SSSR count). The molecule has 0 aliphatic rings. The molecule has 0 radical (unpaired) electrons. The largest absolute Gasteiger partial charge is 0.494 e. The molecule has 0 fully saturated rings. The molecule has 0 heterocycles. The number of halogens is 3. The minimum Gasteiger partial charge on any atom is -0.494 e. The summed E-state index contributed by atoms with van der Waals surface area (Å²) in [4.78, 5) is 25.0. The summed E-state index contributed by atoms with van der Waals surface area (Å²) in [6.07, 6.45) is 1.27. The third kappa shape index (κ3) is 9.46. The zero-order chi connectivity index (χ0) is 27.4. The van der Waals surface area contributed by atoms with E-state index in [4.69, 9.17) is 4.74 Å². The van der Waals surface area contributed by atoms with Crippen LogP contribution in [0, 0.1) is 0 Å². The highest BCUT2D eigenvalue weighted by molar-refractivity contribution is 6.05. The van der Waals surface area contributed by atoms with Crippen LogP contribution in [0.3, 0.4) is 0 Å². The van der Waals surface area contributed by atoms with Gasteiger partial charge in [-0.05, 0) is 55.0 Å². The van der Waals surface area contributed by atoms with Crippen LogP contribution in [0.25, 0.3) is 0 Å². The van der Waals surface area contributed by atoms with Crippen molar-refractivity contribution >= 4 is 28.9 Å². The quantitative estimate of drug-likeness (QED) is 0.203. The van der Waals surface area contributed by atoms with Crippen LogP contribution in [0.4, 0.5) is 30.2 Å². The van der Waals surface area contributed by atoms with Crippen molar-refractivity contribution < 1.29 is 27.5 Å². The van der Waals surface area contributed by atoms with Crippen LogP contribution in [-0.4, -0.2) is 25.0 Å². The molecule has 6 nitrogen and oxygen atoms in total. The summed E-state index contributed by atoms with van der Waals surface area (Å²) >= 11 is 0. The standard InChI is InChI=1S/C29H32F3N3O3/c1-2-3-4-5-6-16-38-26-15-9-12-23(19-26)33-20-27(36)34-24-13-7-10-21(17-24)28(37)35-25-14-8-11-22(18-25)29(30,31)32/h7-15,17-19,33H,2-6,16,20H2,1H3,(H,34,36)(H,35,37). The molecule has 38 heavy (non-hydrogen) atoms. The molecule has 3 aromatic rings. The van der Waals surface area contributed by atoms with Gasteiger partial charge in [0, 0.05) is 28.7 Å². The molecule has 0 atom stereocenters. The molecule has 3 aromatic carbocycles. The van der Waals surface area contributed by atoms with Gasteiger partial charge in [0.1, 0.15) is 5.75 Å². The monoisotopic (exact) mass is 527 g/mol. The molecule has 2 amide bonds. The van der Waals surface area contributed by atoms with Crippen molar-refractivity contribution in [2.24, 2.45) is 0 Å². The van der Waals surface area contributed by atoms with Gasteiger partial charge in [-0.2, -0.15) is 13.2 Å². The van der Waals surface area contributed by atoms with Gasteiger partial charge in [-0.25, -0.2) is 0 Å². The third-order valence-electron chi connectivity index (χ3n) is 5.66. The van der Waals surface area contributed by atoms with Crippen LogP contribution in [0.2, 0.25) is 0 Å². The van der Waals surface area contributed by atoms with Crippen molar-refractivity contribution in [2.45, 2.75) is 45.2 Å². The fourth-order valence-corrected chi connectivity index (χ4v) is 3.69. The molecule has 0 spiro atoms. The Balaban J connectivity index is 1.49. The number of rotatable bonds is 13. The van der Waals surface area contributed by atoms with E-state index in [2.05, 4.69) is 22.9 Å². The highest BCUT2D eigenvalue weighted by Crippen LogP contribution is 2.30. The first-order valence-corrected chi connectivity index (χ1v) is 12.6. The molecular weight excluding hydrogens is 495 g/mol. The minimum absolute atomic E-state index is 0.0128. The number of hydrogen-bond acceptors (Lipinski definition) is 4. The Morgan fingerprint density at radius 2 is 1.47 bits per heavy atom. The molecule has 0 saturated carbocycles. The predicted octanol–water partition coefficient (Wildman–Crippen LogP) is 7.36. The number of amides is 2. The van der Waals surface area contributed by atoms with Crippen molar-refractivity contribution in [1.29, 1.82) is 0 Å². The third-order valence-corrected chi connectivity index (χ3v) is 5.66. The van der Waals surface area contributed by atoms with Crippen LogP contribution in [-0.2, 0) is 11.0 Å². The topological polar surface area (TPSA) is 79.5 Å². The predicted molar refractivity (Wildman–Crippen MR) is 144 cm³/mol. The van der Waals surface area contributed by atoms with Crippen LogP contribution in [0.5, 0.6) is 5.75 Å². The van der Waals surface area contributed by atoms with Gasteiger partial charge in [-0.15, -0.1) is 0 Å². The highest BCUT2D eigenvalue weighted by atomic mass is 19.4. The lowest BCUT2D eigenvalue weighted by Gasteiger charge is -2.12. The number of carbonyl (C=O) groups excluding carboxylic acids is 2. The fraction of sp³-hybridized carbons (Fsp3) is 0.310. The van der Waals surface area contributed by atoms with Gasteiger partial charge < -0.3 is 20.7 Å². The second-order valence-corrected chi connectivity index (χ2v) is 8.81. The van der Waals surface area contributed by atoms with E-state index in [0.29, 0.717) is 12.3 Å². The maximum absolute atomic E-state index is 12.9. The first-order valence-electron chi connectivity index (χ1n) is 12.6. The number of anilines is 3. The second kappa shape index (κ2) is 14.1. The summed E-state index contributed by atoms with van der Waals surface area (Å²) in [5, 5.41) is 8.21. The Kier molecular flexibility index (Phi) is 10.6. The zero-order valence-electron chi connectivity index (χ0n) is 21.2. The summed E-state index contributed by atoms with van der Waals surface area (Å²) in [7, 11) is 0. The number of unbranched alkanes of at least 4 members (excludes halogenated alkanes) is 4. The Hall–Kier alpha value is -4.01. The van der Waals surface area contributed by atoms with Crippen LogP contribution < -0.4 is 20.7 Å². The van der Waals surface area contributed by atoms with Gasteiger partial charge in [0.05, 0.1) is 18.7 Å². The summed E-state index contributed by atoms with van der Waals surface area (Å²) < 4.78 is 44.6. The van der Waals surface area contributed by atoms with Gasteiger partial charge >= 0.3 is 6.18 Å². The summed E-state index contributed by atoms with van der Waals surface area (Å²) in [6, 6.07) is 17.9. The maximum Gasteiger partial charge on any atom is 0.416 e. The lowest BCUT2D eigenvalue weighted by Crippen LogP contribution is -2.22. The fourth-order valence-electron chi connectivity index (χ4n) is 3.69. The lowest BCUT2D eigenvalue weighted by molar-refractivity contribution is -0.137. The van der Waals surface area contributed by atoms with E-state index < -0.39 is 17.6 Å². The Bertz CT molecular complexity index is 1210. The summed E-state index contributed by atoms with van der Waals surface area (Å²) in [6.45, 7) is 2.81. The maximum atomic E-state index is 12.9.